The largest absolute Gasteiger partial charge is 0.388 e. The summed E-state index contributed by atoms with van der Waals surface area (Å²) in [5.74, 6) is 0.885. The molecule has 1 heterocycles. The standard InChI is InChI=1S/C12H18N2OS/c1-14(7-8-5-6-8)12-13-9-3-2-4-10(15)11(9)16-12/h8,10,15H,2-7H2,1H3. The molecule has 4 heteroatoms. The lowest BCUT2D eigenvalue weighted by molar-refractivity contribution is 0.160. The van der Waals surface area contributed by atoms with Gasteiger partial charge in [0, 0.05) is 13.6 Å². The van der Waals surface area contributed by atoms with Crippen LogP contribution in [0.25, 0.3) is 0 Å². The van der Waals surface area contributed by atoms with Crippen molar-refractivity contribution in [2.75, 3.05) is 18.5 Å². The normalized spacial score (nSPS) is 24.2. The highest BCUT2D eigenvalue weighted by molar-refractivity contribution is 7.15. The summed E-state index contributed by atoms with van der Waals surface area (Å²) in [5.41, 5.74) is 1.14. The van der Waals surface area contributed by atoms with Crippen LogP contribution in [0, 0.1) is 5.92 Å². The van der Waals surface area contributed by atoms with Gasteiger partial charge in [-0.2, -0.15) is 0 Å². The van der Waals surface area contributed by atoms with Crippen molar-refractivity contribution in [3.63, 3.8) is 0 Å². The highest BCUT2D eigenvalue weighted by atomic mass is 32.1. The molecule has 1 aromatic heterocycles. The van der Waals surface area contributed by atoms with Crippen LogP contribution < -0.4 is 4.90 Å². The summed E-state index contributed by atoms with van der Waals surface area (Å²) in [6.45, 7) is 1.13. The zero-order chi connectivity index (χ0) is 11.1. The van der Waals surface area contributed by atoms with E-state index in [1.54, 1.807) is 11.3 Å². The number of aliphatic hydroxyl groups excluding tert-OH is 1. The van der Waals surface area contributed by atoms with Crippen LogP contribution in [0.15, 0.2) is 0 Å². The second-order valence-electron chi connectivity index (χ2n) is 5.04. The quantitative estimate of drug-likeness (QED) is 0.878. The predicted molar refractivity (Wildman–Crippen MR) is 66.0 cm³/mol. The average Bonchev–Trinajstić information content (AvgIpc) is 2.95. The van der Waals surface area contributed by atoms with Crippen molar-refractivity contribution >= 4 is 16.5 Å². The average molecular weight is 238 g/mol. The highest BCUT2D eigenvalue weighted by Gasteiger charge is 2.27. The SMILES string of the molecule is CN(CC1CC1)c1nc2c(s1)C(O)CCC2. The van der Waals surface area contributed by atoms with Gasteiger partial charge in [0.2, 0.25) is 0 Å². The predicted octanol–water partition coefficient (Wildman–Crippen LogP) is 2.36. The van der Waals surface area contributed by atoms with Gasteiger partial charge in [0.1, 0.15) is 0 Å². The van der Waals surface area contributed by atoms with Gasteiger partial charge in [-0.1, -0.05) is 11.3 Å². The van der Waals surface area contributed by atoms with E-state index in [4.69, 9.17) is 0 Å². The Kier molecular flexibility index (Phi) is 2.64. The van der Waals surface area contributed by atoms with Gasteiger partial charge in [-0.25, -0.2) is 4.98 Å². The van der Waals surface area contributed by atoms with Crippen LogP contribution >= 0.6 is 11.3 Å². The van der Waals surface area contributed by atoms with E-state index < -0.39 is 0 Å². The van der Waals surface area contributed by atoms with Crippen molar-refractivity contribution in [1.29, 1.82) is 0 Å². The number of hydrogen-bond donors (Lipinski definition) is 1. The fraction of sp³-hybridized carbons (Fsp3) is 0.750. The van der Waals surface area contributed by atoms with E-state index in [2.05, 4.69) is 16.9 Å². The van der Waals surface area contributed by atoms with Crippen LogP contribution in [0.4, 0.5) is 5.13 Å². The Morgan fingerprint density at radius 1 is 1.44 bits per heavy atom. The molecular formula is C12H18N2OS. The Labute approximate surface area is 100 Å². The van der Waals surface area contributed by atoms with Gasteiger partial charge in [0.05, 0.1) is 16.7 Å². The molecule has 16 heavy (non-hydrogen) atoms. The fourth-order valence-electron chi connectivity index (χ4n) is 2.31. The summed E-state index contributed by atoms with van der Waals surface area (Å²) in [7, 11) is 2.12. The third kappa shape index (κ3) is 1.96. The summed E-state index contributed by atoms with van der Waals surface area (Å²) in [6, 6.07) is 0. The van der Waals surface area contributed by atoms with Gasteiger partial charge < -0.3 is 10.0 Å². The number of rotatable bonds is 3. The molecule has 0 aliphatic heterocycles. The lowest BCUT2D eigenvalue weighted by Gasteiger charge is -2.14. The molecule has 1 saturated carbocycles. The van der Waals surface area contributed by atoms with Crippen molar-refractivity contribution in [2.45, 2.75) is 38.2 Å². The molecule has 0 bridgehead atoms. The van der Waals surface area contributed by atoms with Crippen molar-refractivity contribution in [1.82, 2.24) is 4.98 Å². The minimum absolute atomic E-state index is 0.260. The lowest BCUT2D eigenvalue weighted by atomic mass is 10.0. The maximum atomic E-state index is 9.90. The Bertz CT molecular complexity index is 386. The summed E-state index contributed by atoms with van der Waals surface area (Å²) >= 11 is 1.69. The molecule has 0 saturated heterocycles. The molecule has 0 spiro atoms. The van der Waals surface area contributed by atoms with Crippen LogP contribution in [-0.2, 0) is 6.42 Å². The van der Waals surface area contributed by atoms with E-state index >= 15 is 0 Å². The molecule has 88 valence electrons. The Morgan fingerprint density at radius 2 is 2.25 bits per heavy atom. The van der Waals surface area contributed by atoms with Crippen molar-refractivity contribution < 1.29 is 5.11 Å². The molecule has 1 N–H and O–H groups in total. The lowest BCUT2D eigenvalue weighted by Crippen LogP contribution is -2.19. The van der Waals surface area contributed by atoms with Gasteiger partial charge in [-0.15, -0.1) is 0 Å². The maximum absolute atomic E-state index is 9.90. The van der Waals surface area contributed by atoms with Gasteiger partial charge in [0.15, 0.2) is 5.13 Å². The molecule has 1 aromatic rings. The number of thiazole rings is 1. The van der Waals surface area contributed by atoms with Crippen LogP contribution in [0.2, 0.25) is 0 Å². The molecule has 0 amide bonds. The summed E-state index contributed by atoms with van der Waals surface area (Å²) in [5, 5.41) is 11.0. The van der Waals surface area contributed by atoms with Crippen LogP contribution in [0.1, 0.15) is 42.4 Å². The molecule has 1 atom stereocenters. The van der Waals surface area contributed by atoms with Crippen molar-refractivity contribution in [2.24, 2.45) is 5.92 Å². The van der Waals surface area contributed by atoms with Crippen molar-refractivity contribution in [3.05, 3.63) is 10.6 Å². The van der Waals surface area contributed by atoms with Gasteiger partial charge in [-0.3, -0.25) is 0 Å². The first-order valence-corrected chi connectivity index (χ1v) is 6.94. The highest BCUT2D eigenvalue weighted by Crippen LogP contribution is 2.38. The molecule has 3 rings (SSSR count). The zero-order valence-corrected chi connectivity index (χ0v) is 10.5. The number of anilines is 1. The number of aromatic nitrogens is 1. The second kappa shape index (κ2) is 4.00. The first-order valence-electron chi connectivity index (χ1n) is 6.13. The first kappa shape index (κ1) is 10.5. The topological polar surface area (TPSA) is 36.4 Å². The number of fused-ring (bicyclic) bond motifs is 1. The van der Waals surface area contributed by atoms with E-state index in [0.29, 0.717) is 0 Å². The molecule has 1 unspecified atom stereocenters. The van der Waals surface area contributed by atoms with Crippen LogP contribution in [0.3, 0.4) is 0 Å². The zero-order valence-electron chi connectivity index (χ0n) is 9.65. The van der Waals surface area contributed by atoms with Gasteiger partial charge in [-0.05, 0) is 38.0 Å². The molecule has 2 aliphatic rings. The molecule has 1 fully saturated rings. The Hall–Kier alpha value is -0.610. The first-order chi connectivity index (χ1) is 7.74. The number of nitrogens with zero attached hydrogens (tertiary/aromatic N) is 2. The number of aryl methyl sites for hydroxylation is 1. The van der Waals surface area contributed by atoms with Crippen LogP contribution in [-0.4, -0.2) is 23.7 Å². The second-order valence-corrected chi connectivity index (χ2v) is 6.05. The smallest absolute Gasteiger partial charge is 0.185 e. The molecular weight excluding hydrogens is 220 g/mol. The van der Waals surface area contributed by atoms with E-state index in [1.165, 1.54) is 12.8 Å². The third-order valence-corrected chi connectivity index (χ3v) is 4.78. The summed E-state index contributed by atoms with van der Waals surface area (Å²) < 4.78 is 0. The Balaban J connectivity index is 1.79. The fourth-order valence-corrected chi connectivity index (χ4v) is 3.42. The Morgan fingerprint density at radius 3 is 2.94 bits per heavy atom. The summed E-state index contributed by atoms with van der Waals surface area (Å²) in [4.78, 5) is 8.04. The van der Waals surface area contributed by atoms with E-state index in [-0.39, 0.29) is 6.10 Å². The van der Waals surface area contributed by atoms with E-state index in [1.807, 2.05) is 0 Å². The van der Waals surface area contributed by atoms with E-state index in [9.17, 15) is 5.11 Å². The minimum Gasteiger partial charge on any atom is -0.388 e. The molecule has 0 aromatic carbocycles. The van der Waals surface area contributed by atoms with Crippen molar-refractivity contribution in [3.8, 4) is 0 Å². The van der Waals surface area contributed by atoms with E-state index in [0.717, 1.165) is 47.4 Å². The number of aliphatic hydroxyl groups is 1. The summed E-state index contributed by atoms with van der Waals surface area (Å²) in [6.07, 6.45) is 5.50. The van der Waals surface area contributed by atoms with Crippen LogP contribution in [0.5, 0.6) is 0 Å². The number of hydrogen-bond acceptors (Lipinski definition) is 4. The third-order valence-electron chi connectivity index (χ3n) is 3.47. The maximum Gasteiger partial charge on any atom is 0.185 e. The van der Waals surface area contributed by atoms with Gasteiger partial charge in [0.25, 0.3) is 0 Å². The monoisotopic (exact) mass is 238 g/mol. The minimum atomic E-state index is -0.260. The molecule has 0 radical (unpaired) electrons. The molecule has 3 nitrogen and oxygen atoms in total. The molecule has 2 aliphatic carbocycles. The van der Waals surface area contributed by atoms with Gasteiger partial charge >= 0.3 is 0 Å².